The topological polar surface area (TPSA) is 38.3 Å². The first-order valence-electron chi connectivity index (χ1n) is 10.0. The first-order chi connectivity index (χ1) is 13.7. The summed E-state index contributed by atoms with van der Waals surface area (Å²) in [7, 11) is 0. The van der Waals surface area contributed by atoms with E-state index in [1.807, 2.05) is 35.7 Å². The van der Waals surface area contributed by atoms with Gasteiger partial charge in [0.25, 0.3) is 5.91 Å². The van der Waals surface area contributed by atoms with Crippen LogP contribution in [0.4, 0.5) is 0 Å². The Morgan fingerprint density at radius 1 is 1.07 bits per heavy atom. The van der Waals surface area contributed by atoms with Gasteiger partial charge in [-0.05, 0) is 66.9 Å². The second-order valence-electron chi connectivity index (χ2n) is 7.58. The van der Waals surface area contributed by atoms with Crippen LogP contribution in [-0.2, 0) is 4.79 Å². The van der Waals surface area contributed by atoms with E-state index in [0.29, 0.717) is 10.5 Å². The van der Waals surface area contributed by atoms with Crippen LogP contribution in [0.25, 0.3) is 0 Å². The molecule has 1 saturated heterocycles. The Bertz CT molecular complexity index is 781. The molecule has 1 aliphatic carbocycles. The molecule has 1 aliphatic heterocycles. The van der Waals surface area contributed by atoms with Crippen molar-refractivity contribution in [3.05, 3.63) is 65.2 Å². The van der Waals surface area contributed by atoms with Crippen LogP contribution < -0.4 is 10.1 Å². The highest BCUT2D eigenvalue weighted by Gasteiger charge is 2.33. The Morgan fingerprint density at radius 3 is 2.39 bits per heavy atom. The molecule has 0 bridgehead atoms. The van der Waals surface area contributed by atoms with Gasteiger partial charge in [-0.15, -0.1) is 23.5 Å². The SMILES string of the molecule is Cc1ccc([C@@H](NC(=O)COc2ccc(C3SCCCS3)cc2)C2CC2)cc1. The summed E-state index contributed by atoms with van der Waals surface area (Å²) in [4.78, 5) is 12.5. The normalized spacial score (nSPS) is 18.5. The standard InChI is InChI=1S/C23H27NO2S2/c1-16-3-5-17(6-4-16)22(18-7-8-18)24-21(25)15-26-20-11-9-19(10-12-20)23-27-13-2-14-28-23/h3-6,9-12,18,22-23H,2,7-8,13-15H2,1H3,(H,24,25)/t22-/m1/s1. The molecule has 5 heteroatoms. The van der Waals surface area contributed by atoms with Crippen molar-refractivity contribution in [2.45, 2.75) is 36.8 Å². The molecule has 1 heterocycles. The Kier molecular flexibility index (Phi) is 6.53. The van der Waals surface area contributed by atoms with Gasteiger partial charge in [-0.2, -0.15) is 0 Å². The lowest BCUT2D eigenvalue weighted by Crippen LogP contribution is -2.33. The number of thioether (sulfide) groups is 2. The van der Waals surface area contributed by atoms with Crippen molar-refractivity contribution in [1.82, 2.24) is 5.32 Å². The van der Waals surface area contributed by atoms with Crippen LogP contribution in [0.1, 0.15) is 46.6 Å². The molecule has 1 amide bonds. The van der Waals surface area contributed by atoms with Crippen LogP contribution in [0, 0.1) is 12.8 Å². The van der Waals surface area contributed by atoms with Gasteiger partial charge in [0, 0.05) is 0 Å². The number of ether oxygens (including phenoxy) is 1. The number of nitrogens with one attached hydrogen (secondary N) is 1. The second-order valence-corrected chi connectivity index (χ2v) is 10.3. The fourth-order valence-electron chi connectivity index (χ4n) is 3.44. The molecule has 0 unspecified atom stereocenters. The molecule has 28 heavy (non-hydrogen) atoms. The first-order valence-corrected chi connectivity index (χ1v) is 12.1. The van der Waals surface area contributed by atoms with Gasteiger partial charge >= 0.3 is 0 Å². The van der Waals surface area contributed by atoms with E-state index in [-0.39, 0.29) is 18.6 Å². The summed E-state index contributed by atoms with van der Waals surface area (Å²) < 4.78 is 6.27. The average molecular weight is 414 g/mol. The lowest BCUT2D eigenvalue weighted by molar-refractivity contribution is -0.124. The smallest absolute Gasteiger partial charge is 0.258 e. The molecule has 0 aromatic heterocycles. The van der Waals surface area contributed by atoms with Crippen LogP contribution in [0.3, 0.4) is 0 Å². The van der Waals surface area contributed by atoms with Crippen molar-refractivity contribution in [3.8, 4) is 5.75 Å². The minimum atomic E-state index is -0.0556. The third-order valence-electron chi connectivity index (χ3n) is 5.20. The lowest BCUT2D eigenvalue weighted by atomic mass is 10.0. The largest absolute Gasteiger partial charge is 0.484 e. The van der Waals surface area contributed by atoms with E-state index in [2.05, 4.69) is 48.6 Å². The molecule has 148 valence electrons. The summed E-state index contributed by atoms with van der Waals surface area (Å²) >= 11 is 4.03. The molecule has 1 atom stereocenters. The zero-order valence-corrected chi connectivity index (χ0v) is 17.9. The minimum absolute atomic E-state index is 0.0556. The third-order valence-corrected chi connectivity index (χ3v) is 8.21. The van der Waals surface area contributed by atoms with Gasteiger partial charge in [-0.25, -0.2) is 0 Å². The van der Waals surface area contributed by atoms with Gasteiger partial charge < -0.3 is 10.1 Å². The molecule has 1 N–H and O–H groups in total. The predicted octanol–water partition coefficient (Wildman–Crippen LogP) is 5.51. The maximum atomic E-state index is 12.5. The number of amides is 1. The van der Waals surface area contributed by atoms with E-state index in [9.17, 15) is 4.79 Å². The Labute approximate surface area is 176 Å². The fraction of sp³-hybridized carbons (Fsp3) is 0.435. The van der Waals surface area contributed by atoms with E-state index >= 15 is 0 Å². The fourth-order valence-corrected chi connectivity index (χ4v) is 6.34. The highest BCUT2D eigenvalue weighted by atomic mass is 32.2. The maximum absolute atomic E-state index is 12.5. The van der Waals surface area contributed by atoms with Gasteiger partial charge in [0.05, 0.1) is 10.6 Å². The summed E-state index contributed by atoms with van der Waals surface area (Å²) in [5.74, 6) is 3.72. The number of rotatable bonds is 7. The Hall–Kier alpha value is -1.59. The van der Waals surface area contributed by atoms with Gasteiger partial charge in [0.2, 0.25) is 0 Å². The molecule has 0 radical (unpaired) electrons. The quantitative estimate of drug-likeness (QED) is 0.649. The van der Waals surface area contributed by atoms with Gasteiger partial charge in [0.15, 0.2) is 6.61 Å². The number of carbonyl (C=O) groups is 1. The lowest BCUT2D eigenvalue weighted by Gasteiger charge is -2.21. The van der Waals surface area contributed by atoms with Crippen molar-refractivity contribution >= 4 is 29.4 Å². The van der Waals surface area contributed by atoms with Gasteiger partial charge in [-0.3, -0.25) is 4.79 Å². The van der Waals surface area contributed by atoms with E-state index in [4.69, 9.17) is 4.74 Å². The van der Waals surface area contributed by atoms with E-state index < -0.39 is 0 Å². The Morgan fingerprint density at radius 2 is 1.75 bits per heavy atom. The summed E-state index contributed by atoms with van der Waals surface area (Å²) in [5, 5.41) is 3.18. The second kappa shape index (κ2) is 9.27. The summed E-state index contributed by atoms with van der Waals surface area (Å²) in [6.45, 7) is 2.14. The van der Waals surface area contributed by atoms with Crippen molar-refractivity contribution < 1.29 is 9.53 Å². The van der Waals surface area contributed by atoms with Crippen LogP contribution in [0.5, 0.6) is 5.75 Å². The number of aryl methyl sites for hydroxylation is 1. The van der Waals surface area contributed by atoms with Crippen LogP contribution in [0.2, 0.25) is 0 Å². The Balaban J connectivity index is 1.30. The number of carbonyl (C=O) groups excluding carboxylic acids is 1. The minimum Gasteiger partial charge on any atom is -0.484 e. The van der Waals surface area contributed by atoms with E-state index in [1.54, 1.807) is 0 Å². The molecular formula is C23H27NO2S2. The van der Waals surface area contributed by atoms with Crippen LogP contribution in [-0.4, -0.2) is 24.0 Å². The number of benzene rings is 2. The molecule has 0 spiro atoms. The van der Waals surface area contributed by atoms with Crippen molar-refractivity contribution in [3.63, 3.8) is 0 Å². The zero-order valence-electron chi connectivity index (χ0n) is 16.2. The monoisotopic (exact) mass is 413 g/mol. The molecule has 2 aromatic carbocycles. The van der Waals surface area contributed by atoms with E-state index in [1.165, 1.54) is 47.5 Å². The first kappa shape index (κ1) is 19.7. The number of hydrogen-bond donors (Lipinski definition) is 1. The van der Waals surface area contributed by atoms with Crippen molar-refractivity contribution in [2.24, 2.45) is 5.92 Å². The van der Waals surface area contributed by atoms with Crippen molar-refractivity contribution in [2.75, 3.05) is 18.1 Å². The molecule has 2 aliphatic rings. The van der Waals surface area contributed by atoms with Crippen LogP contribution >= 0.6 is 23.5 Å². The molecule has 2 aromatic rings. The van der Waals surface area contributed by atoms with Crippen LogP contribution in [0.15, 0.2) is 48.5 Å². The highest BCUT2D eigenvalue weighted by molar-refractivity contribution is 8.16. The summed E-state index contributed by atoms with van der Waals surface area (Å²) in [5.41, 5.74) is 3.76. The summed E-state index contributed by atoms with van der Waals surface area (Å²) in [6.07, 6.45) is 3.66. The zero-order chi connectivity index (χ0) is 19.3. The van der Waals surface area contributed by atoms with Gasteiger partial charge in [0.1, 0.15) is 5.75 Å². The average Bonchev–Trinajstić information content (AvgIpc) is 3.58. The highest BCUT2D eigenvalue weighted by Crippen LogP contribution is 2.44. The number of hydrogen-bond acceptors (Lipinski definition) is 4. The molecule has 2 fully saturated rings. The van der Waals surface area contributed by atoms with Crippen molar-refractivity contribution in [1.29, 1.82) is 0 Å². The third kappa shape index (κ3) is 5.26. The van der Waals surface area contributed by atoms with E-state index in [0.717, 1.165) is 5.75 Å². The molecule has 4 rings (SSSR count). The molecular weight excluding hydrogens is 386 g/mol. The molecule has 3 nitrogen and oxygen atoms in total. The summed E-state index contributed by atoms with van der Waals surface area (Å²) in [6, 6.07) is 16.8. The maximum Gasteiger partial charge on any atom is 0.258 e. The molecule has 1 saturated carbocycles. The predicted molar refractivity (Wildman–Crippen MR) is 119 cm³/mol. The van der Waals surface area contributed by atoms with Gasteiger partial charge in [-0.1, -0.05) is 42.0 Å².